The van der Waals surface area contributed by atoms with E-state index in [0.29, 0.717) is 6.07 Å². The molecule has 6 nitrogen and oxygen atoms in total. The first-order valence-corrected chi connectivity index (χ1v) is 4.44. The summed E-state index contributed by atoms with van der Waals surface area (Å²) in [6.45, 7) is 0. The molecule has 0 aliphatic carbocycles. The number of nitro groups is 1. The van der Waals surface area contributed by atoms with E-state index in [1.165, 1.54) is 0 Å². The zero-order valence-electron chi connectivity index (χ0n) is 8.72. The van der Waals surface area contributed by atoms with Gasteiger partial charge < -0.3 is 4.74 Å². The molecule has 0 fully saturated rings. The van der Waals surface area contributed by atoms with Gasteiger partial charge in [-0.1, -0.05) is 0 Å². The minimum atomic E-state index is -2.85. The van der Waals surface area contributed by atoms with Crippen molar-refractivity contribution in [2.24, 2.45) is 0 Å². The second-order valence-electron chi connectivity index (χ2n) is 3.05. The molecule has 0 aromatic carbocycles. The average molecular weight is 246 g/mol. The lowest BCUT2D eigenvalue weighted by Crippen LogP contribution is -2.09. The summed E-state index contributed by atoms with van der Waals surface area (Å²) in [5.41, 5.74) is -1.38. The van der Waals surface area contributed by atoms with Crippen LogP contribution in [0.3, 0.4) is 0 Å². The maximum absolute atomic E-state index is 12.3. The summed E-state index contributed by atoms with van der Waals surface area (Å²) in [5.74, 6) is -0.731. The summed E-state index contributed by atoms with van der Waals surface area (Å²) in [6.07, 6.45) is -2.49. The second-order valence-corrected chi connectivity index (χ2v) is 3.05. The molecule has 0 unspecified atom stereocenters. The lowest BCUT2D eigenvalue weighted by atomic mass is 10.2. The number of rotatable bonds is 4. The quantitative estimate of drug-likeness (QED) is 0.458. The van der Waals surface area contributed by atoms with Crippen molar-refractivity contribution < 1.29 is 23.2 Å². The third-order valence-corrected chi connectivity index (χ3v) is 1.96. The van der Waals surface area contributed by atoms with Crippen molar-refractivity contribution in [2.75, 3.05) is 7.11 Å². The molecule has 17 heavy (non-hydrogen) atoms. The van der Waals surface area contributed by atoms with Crippen molar-refractivity contribution in [3.8, 4) is 0 Å². The van der Waals surface area contributed by atoms with E-state index in [1.54, 1.807) is 0 Å². The number of esters is 1. The van der Waals surface area contributed by atoms with Crippen LogP contribution in [0.25, 0.3) is 0 Å². The van der Waals surface area contributed by atoms with Gasteiger partial charge in [0.05, 0.1) is 18.5 Å². The van der Waals surface area contributed by atoms with E-state index in [2.05, 4.69) is 9.72 Å². The molecule has 92 valence electrons. The van der Waals surface area contributed by atoms with Gasteiger partial charge in [0.15, 0.2) is 0 Å². The maximum atomic E-state index is 12.3. The van der Waals surface area contributed by atoms with Crippen molar-refractivity contribution in [1.29, 1.82) is 0 Å². The first kappa shape index (κ1) is 12.9. The summed E-state index contributed by atoms with van der Waals surface area (Å²) in [4.78, 5) is 24.2. The number of hydrogen-bond acceptors (Lipinski definition) is 5. The van der Waals surface area contributed by atoms with Crippen molar-refractivity contribution in [1.82, 2.24) is 4.98 Å². The van der Waals surface area contributed by atoms with Crippen LogP contribution in [0, 0.1) is 10.1 Å². The summed E-state index contributed by atoms with van der Waals surface area (Å²) < 4.78 is 29.0. The Bertz CT molecular complexity index is 451. The Hall–Kier alpha value is -2.12. The largest absolute Gasteiger partial charge is 0.469 e. The number of hydrogen-bond donors (Lipinski definition) is 0. The monoisotopic (exact) mass is 246 g/mol. The molecule has 0 aliphatic rings. The lowest BCUT2D eigenvalue weighted by molar-refractivity contribution is -0.386. The van der Waals surface area contributed by atoms with Crippen molar-refractivity contribution in [2.45, 2.75) is 12.8 Å². The van der Waals surface area contributed by atoms with E-state index in [1.807, 2.05) is 0 Å². The molecule has 1 rings (SSSR count). The smallest absolute Gasteiger partial charge is 0.311 e. The van der Waals surface area contributed by atoms with Gasteiger partial charge >= 0.3 is 5.97 Å². The average Bonchev–Trinajstić information content (AvgIpc) is 2.28. The first-order valence-electron chi connectivity index (χ1n) is 4.44. The standard InChI is InChI=1S/C9H8F2N2O4/c1-17-8(14)3-6-7(13(15)16)2-5(4-12-6)9(10)11/h2,4,9H,3H2,1H3. The number of halogens is 2. The molecule has 0 saturated carbocycles. The molecule has 0 radical (unpaired) electrons. The second kappa shape index (κ2) is 5.28. The van der Waals surface area contributed by atoms with Gasteiger partial charge in [0.2, 0.25) is 0 Å². The third-order valence-electron chi connectivity index (χ3n) is 1.96. The van der Waals surface area contributed by atoms with Gasteiger partial charge in [0.25, 0.3) is 12.1 Å². The molecule has 0 amide bonds. The van der Waals surface area contributed by atoms with Crippen LogP contribution < -0.4 is 0 Å². The van der Waals surface area contributed by atoms with E-state index in [9.17, 15) is 23.7 Å². The Balaban J connectivity index is 3.13. The molecule has 0 atom stereocenters. The van der Waals surface area contributed by atoms with Crippen LogP contribution >= 0.6 is 0 Å². The first-order chi connectivity index (χ1) is 7.95. The third kappa shape index (κ3) is 3.16. The summed E-state index contributed by atoms with van der Waals surface area (Å²) >= 11 is 0. The molecule has 1 aromatic heterocycles. The SMILES string of the molecule is COC(=O)Cc1ncc(C(F)F)cc1[N+](=O)[O-]. The number of methoxy groups -OCH3 is 1. The van der Waals surface area contributed by atoms with Gasteiger partial charge in [-0.05, 0) is 0 Å². The van der Waals surface area contributed by atoms with Gasteiger partial charge in [0, 0.05) is 17.8 Å². The fourth-order valence-electron chi connectivity index (χ4n) is 1.12. The fourth-order valence-corrected chi connectivity index (χ4v) is 1.12. The lowest BCUT2D eigenvalue weighted by Gasteiger charge is -2.03. The molecule has 1 heterocycles. The van der Waals surface area contributed by atoms with Crippen LogP contribution in [0.2, 0.25) is 0 Å². The highest BCUT2D eigenvalue weighted by atomic mass is 19.3. The molecule has 8 heteroatoms. The highest BCUT2D eigenvalue weighted by Gasteiger charge is 2.21. The fraction of sp³-hybridized carbons (Fsp3) is 0.333. The van der Waals surface area contributed by atoms with Gasteiger partial charge in [-0.15, -0.1) is 0 Å². The number of nitrogens with zero attached hydrogens (tertiary/aromatic N) is 2. The Morgan fingerprint density at radius 3 is 2.76 bits per heavy atom. The van der Waals surface area contributed by atoms with Gasteiger partial charge in [-0.2, -0.15) is 0 Å². The minimum absolute atomic E-state index is 0.203. The molecular formula is C9H8F2N2O4. The highest BCUT2D eigenvalue weighted by molar-refractivity contribution is 5.73. The molecule has 0 saturated heterocycles. The maximum Gasteiger partial charge on any atom is 0.311 e. The Kier molecular flexibility index (Phi) is 4.02. The number of aromatic nitrogens is 1. The van der Waals surface area contributed by atoms with Gasteiger partial charge in [-0.25, -0.2) is 8.78 Å². The number of alkyl halides is 2. The molecule has 0 spiro atoms. The van der Waals surface area contributed by atoms with E-state index < -0.39 is 35.0 Å². The summed E-state index contributed by atoms with van der Waals surface area (Å²) in [7, 11) is 1.11. The van der Waals surface area contributed by atoms with E-state index in [-0.39, 0.29) is 5.69 Å². The van der Waals surface area contributed by atoms with E-state index in [0.717, 1.165) is 13.3 Å². The Morgan fingerprint density at radius 1 is 1.65 bits per heavy atom. The topological polar surface area (TPSA) is 82.3 Å². The van der Waals surface area contributed by atoms with Gasteiger partial charge in [0.1, 0.15) is 5.69 Å². The van der Waals surface area contributed by atoms with Crippen molar-refractivity contribution in [3.63, 3.8) is 0 Å². The summed E-state index contributed by atoms with van der Waals surface area (Å²) in [6, 6.07) is 0.704. The summed E-state index contributed by atoms with van der Waals surface area (Å²) in [5, 5.41) is 10.6. The Labute approximate surface area is 94.4 Å². The van der Waals surface area contributed by atoms with Crippen LogP contribution in [0.15, 0.2) is 12.3 Å². The van der Waals surface area contributed by atoms with Gasteiger partial charge in [-0.3, -0.25) is 19.9 Å². The number of ether oxygens (including phenoxy) is 1. The molecule has 0 bridgehead atoms. The highest BCUT2D eigenvalue weighted by Crippen LogP contribution is 2.25. The van der Waals surface area contributed by atoms with Crippen molar-refractivity contribution >= 4 is 11.7 Å². The minimum Gasteiger partial charge on any atom is -0.469 e. The molecular weight excluding hydrogens is 238 g/mol. The Morgan fingerprint density at radius 2 is 2.29 bits per heavy atom. The normalized spacial score (nSPS) is 10.4. The number of carbonyl (C=O) groups is 1. The van der Waals surface area contributed by atoms with Crippen LogP contribution in [0.1, 0.15) is 17.7 Å². The van der Waals surface area contributed by atoms with Crippen LogP contribution in [0.5, 0.6) is 0 Å². The zero-order valence-corrected chi connectivity index (χ0v) is 8.72. The van der Waals surface area contributed by atoms with E-state index >= 15 is 0 Å². The number of carbonyl (C=O) groups excluding carboxylic acids is 1. The molecule has 0 aliphatic heterocycles. The molecule has 0 N–H and O–H groups in total. The molecule has 1 aromatic rings. The van der Waals surface area contributed by atoms with E-state index in [4.69, 9.17) is 0 Å². The van der Waals surface area contributed by atoms with Crippen LogP contribution in [-0.2, 0) is 16.0 Å². The predicted octanol–water partition coefficient (Wildman–Crippen LogP) is 1.64. The number of pyridine rings is 1. The zero-order chi connectivity index (χ0) is 13.0. The van der Waals surface area contributed by atoms with Crippen LogP contribution in [-0.4, -0.2) is 23.0 Å². The predicted molar refractivity (Wildman–Crippen MR) is 51.6 cm³/mol. The van der Waals surface area contributed by atoms with Crippen molar-refractivity contribution in [3.05, 3.63) is 33.6 Å². The van der Waals surface area contributed by atoms with Crippen LogP contribution in [0.4, 0.5) is 14.5 Å².